The van der Waals surface area contributed by atoms with Gasteiger partial charge in [-0.3, -0.25) is 4.90 Å². The molecule has 2 aromatic heterocycles. The Bertz CT molecular complexity index is 666. The number of aromatic nitrogens is 2. The molecule has 0 N–H and O–H groups in total. The number of hydrogen-bond donors (Lipinski definition) is 0. The number of hydrogen-bond acceptors (Lipinski definition) is 6. The summed E-state index contributed by atoms with van der Waals surface area (Å²) in [5.74, 6) is 1.12. The summed E-state index contributed by atoms with van der Waals surface area (Å²) >= 11 is 1.73. The van der Waals surface area contributed by atoms with Gasteiger partial charge in [0, 0.05) is 43.4 Å². The van der Waals surface area contributed by atoms with Gasteiger partial charge in [0.05, 0.1) is 19.3 Å². The largest absolute Gasteiger partial charge is 0.378 e. The predicted molar refractivity (Wildman–Crippen MR) is 96.5 cm³/mol. The molecule has 0 spiro atoms. The maximum Gasteiger partial charge on any atom is 0.128 e. The minimum Gasteiger partial charge on any atom is -0.378 e. The smallest absolute Gasteiger partial charge is 0.128 e. The second kappa shape index (κ2) is 7.17. The number of anilines is 1. The first kappa shape index (κ1) is 16.0. The summed E-state index contributed by atoms with van der Waals surface area (Å²) in [6.45, 7) is 7.70. The van der Waals surface area contributed by atoms with Crippen LogP contribution in [0.2, 0.25) is 0 Å². The van der Waals surface area contributed by atoms with Gasteiger partial charge < -0.3 is 9.64 Å². The molecular formula is C18H24N4OS. The van der Waals surface area contributed by atoms with Crippen molar-refractivity contribution < 1.29 is 4.74 Å². The van der Waals surface area contributed by atoms with E-state index in [9.17, 15) is 0 Å². The lowest BCUT2D eigenvalue weighted by molar-refractivity contribution is -0.0128. The molecule has 4 heterocycles. The van der Waals surface area contributed by atoms with E-state index in [0.717, 1.165) is 55.9 Å². The average Bonchev–Trinajstić information content (AvgIpc) is 3.28. The van der Waals surface area contributed by atoms with Crippen LogP contribution in [-0.2, 0) is 11.3 Å². The Kier molecular flexibility index (Phi) is 4.78. The Labute approximate surface area is 147 Å². The molecule has 2 fully saturated rings. The third kappa shape index (κ3) is 3.45. The molecule has 0 aromatic carbocycles. The van der Waals surface area contributed by atoms with E-state index >= 15 is 0 Å². The quantitative estimate of drug-likeness (QED) is 0.853. The van der Waals surface area contributed by atoms with Crippen LogP contribution in [0.4, 0.5) is 5.82 Å². The standard InChI is InChI=1S/C18H24N4OS/c1-14-13-24-18(20-14)16-12-23-9-8-22(16)11-15-4-5-17(19-10-15)21-6-2-3-7-21/h4-5,10,13,16H,2-3,6-9,11-12H2,1H3. The Morgan fingerprint density at radius 1 is 1.25 bits per heavy atom. The van der Waals surface area contributed by atoms with Crippen molar-refractivity contribution in [2.75, 3.05) is 37.7 Å². The molecule has 0 bridgehead atoms. The molecule has 2 aliphatic rings. The number of thiazole rings is 1. The van der Waals surface area contributed by atoms with Crippen molar-refractivity contribution >= 4 is 17.2 Å². The molecule has 0 amide bonds. The zero-order valence-corrected chi connectivity index (χ0v) is 15.0. The van der Waals surface area contributed by atoms with Gasteiger partial charge in [-0.25, -0.2) is 9.97 Å². The molecule has 2 aliphatic heterocycles. The summed E-state index contributed by atoms with van der Waals surface area (Å²) in [6, 6.07) is 4.65. The first-order valence-corrected chi connectivity index (χ1v) is 9.61. The Morgan fingerprint density at radius 3 is 2.83 bits per heavy atom. The Balaban J connectivity index is 1.46. The number of nitrogens with zero attached hydrogens (tertiary/aromatic N) is 4. The van der Waals surface area contributed by atoms with Crippen molar-refractivity contribution in [2.24, 2.45) is 0 Å². The monoisotopic (exact) mass is 344 g/mol. The van der Waals surface area contributed by atoms with Gasteiger partial charge in [0.25, 0.3) is 0 Å². The fourth-order valence-electron chi connectivity index (χ4n) is 3.46. The van der Waals surface area contributed by atoms with Gasteiger partial charge in [-0.2, -0.15) is 0 Å². The van der Waals surface area contributed by atoms with Crippen LogP contribution in [0, 0.1) is 6.92 Å². The highest BCUT2D eigenvalue weighted by atomic mass is 32.1. The predicted octanol–water partition coefficient (Wildman–Crippen LogP) is 3.02. The molecule has 1 unspecified atom stereocenters. The highest BCUT2D eigenvalue weighted by molar-refractivity contribution is 7.09. The van der Waals surface area contributed by atoms with E-state index in [1.807, 2.05) is 6.20 Å². The molecule has 0 saturated carbocycles. The highest BCUT2D eigenvalue weighted by Crippen LogP contribution is 2.28. The molecule has 0 radical (unpaired) electrons. The number of aryl methyl sites for hydroxylation is 1. The van der Waals surface area contributed by atoms with E-state index in [-0.39, 0.29) is 6.04 Å². The SMILES string of the molecule is Cc1csc(C2COCCN2Cc2ccc(N3CCCC3)nc2)n1. The van der Waals surface area contributed by atoms with Crippen molar-refractivity contribution in [3.63, 3.8) is 0 Å². The summed E-state index contributed by atoms with van der Waals surface area (Å²) < 4.78 is 5.70. The number of pyridine rings is 1. The van der Waals surface area contributed by atoms with Crippen molar-refractivity contribution in [3.8, 4) is 0 Å². The van der Waals surface area contributed by atoms with E-state index in [2.05, 4.69) is 44.2 Å². The molecule has 24 heavy (non-hydrogen) atoms. The van der Waals surface area contributed by atoms with Crippen LogP contribution in [0.5, 0.6) is 0 Å². The highest BCUT2D eigenvalue weighted by Gasteiger charge is 2.27. The zero-order valence-electron chi connectivity index (χ0n) is 14.1. The van der Waals surface area contributed by atoms with Crippen molar-refractivity contribution in [1.82, 2.24) is 14.9 Å². The third-order valence-corrected chi connectivity index (χ3v) is 5.85. The van der Waals surface area contributed by atoms with Gasteiger partial charge in [0.15, 0.2) is 0 Å². The van der Waals surface area contributed by atoms with E-state index in [1.54, 1.807) is 11.3 Å². The second-order valence-electron chi connectivity index (χ2n) is 6.61. The van der Waals surface area contributed by atoms with Gasteiger partial charge in [-0.15, -0.1) is 11.3 Å². The van der Waals surface area contributed by atoms with Gasteiger partial charge in [-0.05, 0) is 31.4 Å². The Hall–Kier alpha value is -1.50. The van der Waals surface area contributed by atoms with Crippen LogP contribution in [0.1, 0.15) is 35.1 Å². The van der Waals surface area contributed by atoms with Gasteiger partial charge >= 0.3 is 0 Å². The first-order chi connectivity index (χ1) is 11.8. The second-order valence-corrected chi connectivity index (χ2v) is 7.50. The van der Waals surface area contributed by atoms with Gasteiger partial charge in [0.2, 0.25) is 0 Å². The van der Waals surface area contributed by atoms with Crippen LogP contribution in [0.15, 0.2) is 23.7 Å². The normalized spacial score (nSPS) is 22.2. The fraction of sp³-hybridized carbons (Fsp3) is 0.556. The summed E-state index contributed by atoms with van der Waals surface area (Å²) in [6.07, 6.45) is 4.60. The summed E-state index contributed by atoms with van der Waals surface area (Å²) in [5, 5.41) is 3.28. The maximum atomic E-state index is 5.70. The lowest BCUT2D eigenvalue weighted by Crippen LogP contribution is -2.39. The minimum atomic E-state index is 0.260. The first-order valence-electron chi connectivity index (χ1n) is 8.73. The van der Waals surface area contributed by atoms with E-state index in [4.69, 9.17) is 4.74 Å². The van der Waals surface area contributed by atoms with Gasteiger partial charge in [0.1, 0.15) is 10.8 Å². The lowest BCUT2D eigenvalue weighted by atomic mass is 10.2. The van der Waals surface area contributed by atoms with E-state index < -0.39 is 0 Å². The molecule has 2 saturated heterocycles. The topological polar surface area (TPSA) is 41.5 Å². The van der Waals surface area contributed by atoms with Crippen LogP contribution < -0.4 is 4.90 Å². The molecule has 2 aromatic rings. The summed E-state index contributed by atoms with van der Waals surface area (Å²) in [7, 11) is 0. The fourth-order valence-corrected chi connectivity index (χ4v) is 4.37. The summed E-state index contributed by atoms with van der Waals surface area (Å²) in [5.41, 5.74) is 2.36. The third-order valence-electron chi connectivity index (χ3n) is 4.79. The molecule has 128 valence electrons. The van der Waals surface area contributed by atoms with Crippen LogP contribution in [-0.4, -0.2) is 47.7 Å². The zero-order chi connectivity index (χ0) is 16.4. The molecule has 0 aliphatic carbocycles. The minimum absolute atomic E-state index is 0.260. The molecule has 6 heteroatoms. The van der Waals surface area contributed by atoms with Crippen molar-refractivity contribution in [2.45, 2.75) is 32.4 Å². The molecular weight excluding hydrogens is 320 g/mol. The molecule has 4 rings (SSSR count). The van der Waals surface area contributed by atoms with E-state index in [1.165, 1.54) is 18.4 Å². The maximum absolute atomic E-state index is 5.70. The van der Waals surface area contributed by atoms with E-state index in [0.29, 0.717) is 0 Å². The van der Waals surface area contributed by atoms with Crippen molar-refractivity contribution in [1.29, 1.82) is 0 Å². The van der Waals surface area contributed by atoms with Crippen LogP contribution >= 0.6 is 11.3 Å². The summed E-state index contributed by atoms with van der Waals surface area (Å²) in [4.78, 5) is 14.2. The average molecular weight is 344 g/mol. The number of ether oxygens (including phenoxy) is 1. The lowest BCUT2D eigenvalue weighted by Gasteiger charge is -2.34. The van der Waals surface area contributed by atoms with Crippen LogP contribution in [0.3, 0.4) is 0 Å². The van der Waals surface area contributed by atoms with Crippen LogP contribution in [0.25, 0.3) is 0 Å². The number of rotatable bonds is 4. The van der Waals surface area contributed by atoms with Crippen molar-refractivity contribution in [3.05, 3.63) is 40.0 Å². The molecule has 1 atom stereocenters. The number of morpholine rings is 1. The Morgan fingerprint density at radius 2 is 2.12 bits per heavy atom. The molecule has 5 nitrogen and oxygen atoms in total. The van der Waals surface area contributed by atoms with Gasteiger partial charge in [-0.1, -0.05) is 6.07 Å².